The number of methoxy groups -OCH3 is 3. The molecule has 2 atom stereocenters. The Morgan fingerprint density at radius 2 is 1.59 bits per heavy atom. The van der Waals surface area contributed by atoms with Crippen molar-refractivity contribution in [1.29, 1.82) is 0 Å². The van der Waals surface area contributed by atoms with Crippen molar-refractivity contribution in [2.24, 2.45) is 0 Å². The minimum absolute atomic E-state index is 0. The molecule has 3 rings (SSSR count). The number of halogens is 1. The van der Waals surface area contributed by atoms with Crippen LogP contribution in [0.4, 0.5) is 0 Å². The van der Waals surface area contributed by atoms with Crippen molar-refractivity contribution in [2.75, 3.05) is 54.1 Å². The molecule has 0 amide bonds. The molecular weight excluding hydrogens is 472 g/mol. The van der Waals surface area contributed by atoms with Gasteiger partial charge in [-0.25, -0.2) is 0 Å². The predicted octanol–water partition coefficient (Wildman–Crippen LogP) is 5.07. The summed E-state index contributed by atoms with van der Waals surface area (Å²) in [4.78, 5) is 5.91. The van der Waals surface area contributed by atoms with E-state index in [4.69, 9.17) is 14.2 Å². The van der Waals surface area contributed by atoms with Crippen molar-refractivity contribution >= 4 is 29.8 Å². The summed E-state index contributed by atoms with van der Waals surface area (Å²) in [5.74, 6) is 2.41. The zero-order valence-corrected chi connectivity index (χ0v) is 22.7. The molecule has 1 saturated heterocycles. The molecule has 0 aliphatic carbocycles. The third-order valence-corrected chi connectivity index (χ3v) is 7.42. The highest BCUT2D eigenvalue weighted by Crippen LogP contribution is 2.38. The first-order valence-electron chi connectivity index (χ1n) is 11.6. The highest BCUT2D eigenvalue weighted by Gasteiger charge is 2.27. The molecule has 1 aliphatic rings. The van der Waals surface area contributed by atoms with Crippen molar-refractivity contribution < 1.29 is 19.3 Å². The number of nitrogens with zero attached hydrogens (tertiary/aromatic N) is 2. The van der Waals surface area contributed by atoms with E-state index in [-0.39, 0.29) is 18.4 Å². The van der Waals surface area contributed by atoms with Gasteiger partial charge in [0.05, 0.1) is 21.3 Å². The lowest BCUT2D eigenvalue weighted by Gasteiger charge is -2.39. The van der Waals surface area contributed by atoms with Crippen LogP contribution in [0, 0.1) is 0 Å². The van der Waals surface area contributed by atoms with E-state index >= 15 is 0 Å². The Morgan fingerprint density at radius 1 is 0.971 bits per heavy atom. The first kappa shape index (κ1) is 28.5. The third-order valence-electron chi connectivity index (χ3n) is 6.40. The van der Waals surface area contributed by atoms with E-state index in [0.717, 1.165) is 43.2 Å². The van der Waals surface area contributed by atoms with E-state index in [9.17, 15) is 5.11 Å². The summed E-state index contributed by atoms with van der Waals surface area (Å²) >= 11 is 1.67. The van der Waals surface area contributed by atoms with Crippen molar-refractivity contribution in [3.8, 4) is 17.2 Å². The van der Waals surface area contributed by atoms with Gasteiger partial charge in [-0.05, 0) is 47.5 Å². The van der Waals surface area contributed by atoms with Crippen LogP contribution in [0.15, 0.2) is 29.7 Å². The molecule has 0 radical (unpaired) electrons. The number of ether oxygens (including phenoxy) is 3. The summed E-state index contributed by atoms with van der Waals surface area (Å²) < 4.78 is 16.3. The number of rotatable bonds is 10. The molecule has 8 heteroatoms. The van der Waals surface area contributed by atoms with Crippen LogP contribution in [0.1, 0.15) is 48.8 Å². The predicted molar refractivity (Wildman–Crippen MR) is 143 cm³/mol. The van der Waals surface area contributed by atoms with Crippen molar-refractivity contribution in [3.63, 3.8) is 0 Å². The average molecular weight is 511 g/mol. The maximum absolute atomic E-state index is 10.9. The van der Waals surface area contributed by atoms with E-state index in [1.807, 2.05) is 12.1 Å². The number of benzene rings is 1. The van der Waals surface area contributed by atoms with Crippen molar-refractivity contribution in [1.82, 2.24) is 9.80 Å². The fraction of sp³-hybridized carbons (Fsp3) is 0.538. The number of hydrogen-bond acceptors (Lipinski definition) is 7. The largest absolute Gasteiger partial charge is 0.493 e. The third kappa shape index (κ3) is 6.89. The van der Waals surface area contributed by atoms with Gasteiger partial charge in [0.1, 0.15) is 6.10 Å². The highest BCUT2D eigenvalue weighted by molar-refractivity contribution is 7.10. The molecule has 34 heavy (non-hydrogen) atoms. The molecule has 6 nitrogen and oxygen atoms in total. The molecule has 1 N–H and O–H groups in total. The molecule has 190 valence electrons. The molecule has 2 aromatic rings. The summed E-state index contributed by atoms with van der Waals surface area (Å²) in [6, 6.07) is 6.18. The zero-order valence-electron chi connectivity index (χ0n) is 21.1. The lowest BCUT2D eigenvalue weighted by molar-refractivity contribution is 0.0303. The molecule has 0 saturated carbocycles. The van der Waals surface area contributed by atoms with Gasteiger partial charge in [0.2, 0.25) is 5.75 Å². The molecule has 2 heterocycles. The Labute approximate surface area is 214 Å². The van der Waals surface area contributed by atoms with Gasteiger partial charge in [-0.3, -0.25) is 9.80 Å². The van der Waals surface area contributed by atoms with Crippen LogP contribution in [-0.2, 0) is 0 Å². The maximum Gasteiger partial charge on any atom is 0.203 e. The van der Waals surface area contributed by atoms with Crippen LogP contribution in [0.25, 0.3) is 6.08 Å². The minimum Gasteiger partial charge on any atom is -0.493 e. The highest BCUT2D eigenvalue weighted by atomic mass is 35.5. The number of hydrogen-bond donors (Lipinski definition) is 1. The Hall–Kier alpha value is -1.77. The van der Waals surface area contributed by atoms with Gasteiger partial charge in [0, 0.05) is 43.6 Å². The van der Waals surface area contributed by atoms with Crippen molar-refractivity contribution in [2.45, 2.75) is 38.8 Å². The monoisotopic (exact) mass is 510 g/mol. The summed E-state index contributed by atoms with van der Waals surface area (Å²) in [6.07, 6.45) is 3.83. The average Bonchev–Trinajstić information content (AvgIpc) is 3.33. The zero-order chi connectivity index (χ0) is 24.0. The Morgan fingerprint density at radius 3 is 2.09 bits per heavy atom. The van der Waals surface area contributed by atoms with Crippen molar-refractivity contribution in [3.05, 3.63) is 45.7 Å². The standard InChI is InChI=1S/C26H38N2O4S.ClH/c1-18(2)21-16-24(33-17-21)25(29)19(3)28-12-10-27(11-13-28)9-7-8-20-14-22(30-4)26(32-6)23(15-20)31-5;/h7-8,14-19,25,29H,9-13H2,1-6H3;1H. The van der Waals surface area contributed by atoms with Crippen LogP contribution in [0.5, 0.6) is 17.2 Å². The lowest BCUT2D eigenvalue weighted by atomic mass is 10.0. The van der Waals surface area contributed by atoms with E-state index in [2.05, 4.69) is 54.2 Å². The van der Waals surface area contributed by atoms with Gasteiger partial charge in [0.25, 0.3) is 0 Å². The van der Waals surface area contributed by atoms with Crippen LogP contribution in [0.2, 0.25) is 0 Å². The topological polar surface area (TPSA) is 54.4 Å². The summed E-state index contributed by atoms with van der Waals surface area (Å²) in [6.45, 7) is 11.3. The lowest BCUT2D eigenvalue weighted by Crippen LogP contribution is -2.50. The molecule has 1 aliphatic heterocycles. The van der Waals surface area contributed by atoms with Crippen LogP contribution in [-0.4, -0.2) is 75.0 Å². The van der Waals surface area contributed by atoms with Gasteiger partial charge in [-0.15, -0.1) is 23.7 Å². The van der Waals surface area contributed by atoms with Crippen LogP contribution in [0.3, 0.4) is 0 Å². The molecule has 1 fully saturated rings. The van der Waals surface area contributed by atoms with E-state index < -0.39 is 6.10 Å². The summed E-state index contributed by atoms with van der Waals surface area (Å²) in [7, 11) is 4.87. The van der Waals surface area contributed by atoms with Crippen LogP contribution >= 0.6 is 23.7 Å². The Bertz CT molecular complexity index is 900. The number of thiophene rings is 1. The second kappa shape index (κ2) is 13.4. The number of piperazine rings is 1. The SMILES string of the molecule is COc1cc(C=CCN2CCN(C(C)C(O)c3cc(C(C)C)cs3)CC2)cc(OC)c1OC.Cl. The Balaban J connectivity index is 0.00000408. The normalized spacial score (nSPS) is 16.9. The molecular formula is C26H39ClN2O4S. The van der Waals surface area contributed by atoms with Gasteiger partial charge < -0.3 is 19.3 Å². The van der Waals surface area contributed by atoms with Crippen LogP contribution < -0.4 is 14.2 Å². The fourth-order valence-corrected chi connectivity index (χ4v) is 5.31. The maximum atomic E-state index is 10.9. The molecule has 0 spiro atoms. The van der Waals surface area contributed by atoms with Gasteiger partial charge in [0.15, 0.2) is 11.5 Å². The number of aliphatic hydroxyl groups is 1. The van der Waals surface area contributed by atoms with E-state index in [1.54, 1.807) is 32.7 Å². The smallest absolute Gasteiger partial charge is 0.203 e. The summed E-state index contributed by atoms with van der Waals surface area (Å²) in [5.41, 5.74) is 2.32. The molecule has 0 bridgehead atoms. The second-order valence-electron chi connectivity index (χ2n) is 8.82. The Kier molecular flexibility index (Phi) is 11.2. The van der Waals surface area contributed by atoms with E-state index in [1.165, 1.54) is 5.56 Å². The first-order valence-corrected chi connectivity index (χ1v) is 12.4. The molecule has 2 unspecified atom stereocenters. The van der Waals surface area contributed by atoms with E-state index in [0.29, 0.717) is 23.2 Å². The summed E-state index contributed by atoms with van der Waals surface area (Å²) in [5, 5.41) is 13.1. The van der Waals surface area contributed by atoms with Gasteiger partial charge in [-0.2, -0.15) is 0 Å². The quantitative estimate of drug-likeness (QED) is 0.481. The first-order chi connectivity index (χ1) is 15.9. The van der Waals surface area contributed by atoms with Gasteiger partial charge >= 0.3 is 0 Å². The molecule has 1 aromatic heterocycles. The fourth-order valence-electron chi connectivity index (χ4n) is 4.15. The molecule has 1 aromatic carbocycles. The number of aliphatic hydroxyl groups excluding tert-OH is 1. The minimum atomic E-state index is -0.436. The second-order valence-corrected chi connectivity index (χ2v) is 9.76. The van der Waals surface area contributed by atoms with Gasteiger partial charge in [-0.1, -0.05) is 26.0 Å².